The summed E-state index contributed by atoms with van der Waals surface area (Å²) in [6.45, 7) is 0. The molecule has 0 aliphatic rings. The van der Waals surface area contributed by atoms with Crippen LogP contribution in [-0.4, -0.2) is 32.4 Å². The molecule has 0 aliphatic heterocycles. The number of ether oxygens (including phenoxy) is 1. The fourth-order valence-electron chi connectivity index (χ4n) is 1.64. The smallest absolute Gasteiger partial charge is 0.237 e. The van der Waals surface area contributed by atoms with Crippen LogP contribution in [0.4, 0.5) is 5.95 Å². The number of aromatic nitrogens is 5. The molecule has 1 aromatic carbocycles. The molecule has 3 rings (SSSR count). The van der Waals surface area contributed by atoms with Crippen molar-refractivity contribution in [3.63, 3.8) is 0 Å². The van der Waals surface area contributed by atoms with E-state index in [1.54, 1.807) is 7.11 Å². The lowest BCUT2D eigenvalue weighted by Crippen LogP contribution is -1.86. The number of nitrogens with one attached hydrogen (secondary N) is 1. The van der Waals surface area contributed by atoms with Gasteiger partial charge in [-0.1, -0.05) is 29.1 Å². The minimum atomic E-state index is 0.278. The number of nitrogens with two attached hydrogens (primary N) is 1. The van der Waals surface area contributed by atoms with Crippen molar-refractivity contribution < 1.29 is 9.26 Å². The molecular formula is C12H12N6O2S. The fraction of sp³-hybridized carbons (Fsp3) is 0.167. The van der Waals surface area contributed by atoms with Crippen molar-refractivity contribution in [3.8, 4) is 17.1 Å². The van der Waals surface area contributed by atoms with Crippen LogP contribution < -0.4 is 10.5 Å². The largest absolute Gasteiger partial charge is 0.497 e. The van der Waals surface area contributed by atoms with Gasteiger partial charge in [0.05, 0.1) is 12.9 Å². The van der Waals surface area contributed by atoms with Crippen LogP contribution in [0.3, 0.4) is 0 Å². The fourth-order valence-corrected chi connectivity index (χ4v) is 2.28. The molecule has 3 aromatic rings. The van der Waals surface area contributed by atoms with Crippen LogP contribution in [0.15, 0.2) is 33.9 Å². The van der Waals surface area contributed by atoms with E-state index in [-0.39, 0.29) is 5.95 Å². The number of methoxy groups -OCH3 is 1. The zero-order chi connectivity index (χ0) is 14.7. The monoisotopic (exact) mass is 304 g/mol. The number of H-pyrrole nitrogens is 1. The normalized spacial score (nSPS) is 10.7. The Labute approximate surface area is 124 Å². The number of anilines is 1. The van der Waals surface area contributed by atoms with Gasteiger partial charge in [0.25, 0.3) is 0 Å². The Bertz CT molecular complexity index is 741. The molecule has 21 heavy (non-hydrogen) atoms. The molecule has 0 atom stereocenters. The van der Waals surface area contributed by atoms with E-state index in [4.69, 9.17) is 15.0 Å². The molecule has 2 heterocycles. The third kappa shape index (κ3) is 3.14. The number of rotatable bonds is 5. The molecule has 0 fully saturated rings. The summed E-state index contributed by atoms with van der Waals surface area (Å²) >= 11 is 1.36. The first-order valence-corrected chi connectivity index (χ1v) is 7.01. The van der Waals surface area contributed by atoms with Crippen LogP contribution in [0.25, 0.3) is 11.4 Å². The van der Waals surface area contributed by atoms with Crippen molar-refractivity contribution in [1.29, 1.82) is 0 Å². The Morgan fingerprint density at radius 3 is 3.05 bits per heavy atom. The first-order chi connectivity index (χ1) is 10.2. The van der Waals surface area contributed by atoms with Gasteiger partial charge < -0.3 is 15.0 Å². The third-order valence-corrected chi connectivity index (χ3v) is 3.44. The lowest BCUT2D eigenvalue weighted by molar-refractivity contribution is 0.391. The van der Waals surface area contributed by atoms with Crippen LogP contribution in [0.5, 0.6) is 5.75 Å². The van der Waals surface area contributed by atoms with Crippen LogP contribution in [0, 0.1) is 0 Å². The lowest BCUT2D eigenvalue weighted by atomic mass is 10.2. The highest BCUT2D eigenvalue weighted by Crippen LogP contribution is 2.23. The molecule has 0 unspecified atom stereocenters. The minimum Gasteiger partial charge on any atom is -0.497 e. The number of nitrogen functional groups attached to an aromatic ring is 1. The Morgan fingerprint density at radius 2 is 2.29 bits per heavy atom. The number of nitrogens with zero attached hydrogens (tertiary/aromatic N) is 4. The van der Waals surface area contributed by atoms with Crippen molar-refractivity contribution >= 4 is 17.7 Å². The maximum atomic E-state index is 5.45. The van der Waals surface area contributed by atoms with Gasteiger partial charge >= 0.3 is 0 Å². The zero-order valence-electron chi connectivity index (χ0n) is 11.1. The first kappa shape index (κ1) is 13.4. The van der Waals surface area contributed by atoms with E-state index in [1.165, 1.54) is 11.8 Å². The van der Waals surface area contributed by atoms with Crippen LogP contribution in [-0.2, 0) is 5.75 Å². The van der Waals surface area contributed by atoms with Crippen LogP contribution >= 0.6 is 11.8 Å². The van der Waals surface area contributed by atoms with Gasteiger partial charge in [-0.2, -0.15) is 9.97 Å². The van der Waals surface area contributed by atoms with Gasteiger partial charge in [0.1, 0.15) is 5.75 Å². The standard InChI is InChI=1S/C12H12N6O2S/c1-19-8-4-2-3-7(5-8)10-14-9(20-18-10)6-21-12-15-11(13)16-17-12/h2-5H,6H2,1H3,(H3,13,15,16,17). The number of hydrogen-bond donors (Lipinski definition) is 2. The molecule has 0 amide bonds. The number of thioether (sulfide) groups is 1. The molecule has 2 aromatic heterocycles. The summed E-state index contributed by atoms with van der Waals surface area (Å²) in [5, 5.41) is 11.0. The molecule has 9 heteroatoms. The molecule has 0 saturated carbocycles. The van der Waals surface area contributed by atoms with Crippen LogP contribution in [0.1, 0.15) is 5.89 Å². The van der Waals surface area contributed by atoms with Gasteiger partial charge in [0.2, 0.25) is 22.8 Å². The molecule has 0 bridgehead atoms. The molecular weight excluding hydrogens is 292 g/mol. The maximum Gasteiger partial charge on any atom is 0.237 e. The highest BCUT2D eigenvalue weighted by molar-refractivity contribution is 7.98. The Hall–Kier alpha value is -2.55. The molecule has 8 nitrogen and oxygen atoms in total. The molecule has 108 valence electrons. The molecule has 0 saturated heterocycles. The predicted molar refractivity (Wildman–Crippen MR) is 76.6 cm³/mol. The second-order valence-corrected chi connectivity index (χ2v) is 4.98. The van der Waals surface area contributed by atoms with Gasteiger partial charge in [0.15, 0.2) is 0 Å². The SMILES string of the molecule is COc1cccc(-c2noc(CSc3n[nH]c(N)n3)n2)c1. The highest BCUT2D eigenvalue weighted by atomic mass is 32.2. The van der Waals surface area contributed by atoms with Crippen molar-refractivity contribution in [1.82, 2.24) is 25.3 Å². The van der Waals surface area contributed by atoms with Gasteiger partial charge in [0, 0.05) is 5.56 Å². The molecule has 0 spiro atoms. The van der Waals surface area contributed by atoms with E-state index in [0.29, 0.717) is 22.6 Å². The highest BCUT2D eigenvalue weighted by Gasteiger charge is 2.11. The van der Waals surface area contributed by atoms with Gasteiger partial charge in [-0.3, -0.25) is 0 Å². The second-order valence-electron chi connectivity index (χ2n) is 4.04. The van der Waals surface area contributed by atoms with Gasteiger partial charge in [-0.25, -0.2) is 5.10 Å². The second kappa shape index (κ2) is 5.83. The van der Waals surface area contributed by atoms with E-state index >= 15 is 0 Å². The minimum absolute atomic E-state index is 0.278. The Balaban J connectivity index is 1.70. The Kier molecular flexibility index (Phi) is 3.73. The molecule has 0 radical (unpaired) electrons. The molecule has 3 N–H and O–H groups in total. The summed E-state index contributed by atoms with van der Waals surface area (Å²) in [6, 6.07) is 7.46. The van der Waals surface area contributed by atoms with E-state index in [0.717, 1.165) is 11.3 Å². The summed E-state index contributed by atoms with van der Waals surface area (Å²) in [5.74, 6) is 2.48. The zero-order valence-corrected chi connectivity index (χ0v) is 11.9. The van der Waals surface area contributed by atoms with E-state index in [1.807, 2.05) is 24.3 Å². The summed E-state index contributed by atoms with van der Waals surface area (Å²) in [4.78, 5) is 8.31. The van der Waals surface area contributed by atoms with Crippen molar-refractivity contribution in [2.75, 3.05) is 12.8 Å². The number of aromatic amines is 1. The van der Waals surface area contributed by atoms with Crippen LogP contribution in [0.2, 0.25) is 0 Å². The van der Waals surface area contributed by atoms with E-state index in [2.05, 4.69) is 25.3 Å². The third-order valence-electron chi connectivity index (χ3n) is 2.60. The summed E-state index contributed by atoms with van der Waals surface area (Å²) in [5.41, 5.74) is 6.28. The van der Waals surface area contributed by atoms with Gasteiger partial charge in [-0.15, -0.1) is 5.10 Å². The van der Waals surface area contributed by atoms with Crippen molar-refractivity contribution in [2.24, 2.45) is 0 Å². The predicted octanol–water partition coefficient (Wildman–Crippen LogP) is 1.74. The van der Waals surface area contributed by atoms with E-state index in [9.17, 15) is 0 Å². The molecule has 0 aliphatic carbocycles. The van der Waals surface area contributed by atoms with E-state index < -0.39 is 0 Å². The number of hydrogen-bond acceptors (Lipinski definition) is 8. The van der Waals surface area contributed by atoms with Crippen molar-refractivity contribution in [2.45, 2.75) is 10.9 Å². The Morgan fingerprint density at radius 1 is 1.38 bits per heavy atom. The summed E-state index contributed by atoms with van der Waals surface area (Å²) in [6.07, 6.45) is 0. The van der Waals surface area contributed by atoms with Gasteiger partial charge in [-0.05, 0) is 12.1 Å². The van der Waals surface area contributed by atoms with Crippen molar-refractivity contribution in [3.05, 3.63) is 30.2 Å². The summed E-state index contributed by atoms with van der Waals surface area (Å²) in [7, 11) is 1.61. The number of benzene rings is 1. The average Bonchev–Trinajstić information content (AvgIpc) is 3.14. The first-order valence-electron chi connectivity index (χ1n) is 6.02. The average molecular weight is 304 g/mol. The summed E-state index contributed by atoms with van der Waals surface area (Å²) < 4.78 is 10.4. The maximum absolute atomic E-state index is 5.45. The topological polar surface area (TPSA) is 116 Å². The lowest BCUT2D eigenvalue weighted by Gasteiger charge is -1.99. The quantitative estimate of drug-likeness (QED) is 0.685.